The molecule has 7 heteroatoms. The number of nitrogen functional groups attached to an aromatic ring is 1. The van der Waals surface area contributed by atoms with Crippen molar-refractivity contribution in [3.8, 4) is 0 Å². The number of rotatable bonds is 2. The minimum Gasteiger partial charge on any atom is -0.398 e. The summed E-state index contributed by atoms with van der Waals surface area (Å²) in [4.78, 5) is 12.3. The van der Waals surface area contributed by atoms with Crippen LogP contribution in [0.5, 0.6) is 0 Å². The molecule has 0 fully saturated rings. The van der Waals surface area contributed by atoms with E-state index in [0.29, 0.717) is 12.1 Å². The minimum atomic E-state index is 0.0482. The maximum Gasteiger partial charge on any atom is 0.224 e. The van der Waals surface area contributed by atoms with E-state index < -0.39 is 0 Å². The Kier molecular flexibility index (Phi) is 3.16. The molecule has 0 bridgehead atoms. The van der Waals surface area contributed by atoms with Crippen molar-refractivity contribution in [2.45, 2.75) is 29.0 Å². The maximum absolute atomic E-state index is 11.3. The zero-order chi connectivity index (χ0) is 13.4. The van der Waals surface area contributed by atoms with E-state index in [2.05, 4.69) is 15.5 Å². The first-order valence-corrected chi connectivity index (χ1v) is 7.45. The zero-order valence-electron chi connectivity index (χ0n) is 10.3. The summed E-state index contributed by atoms with van der Waals surface area (Å²) in [5.41, 5.74) is 8.63. The number of anilines is 2. The van der Waals surface area contributed by atoms with E-state index in [4.69, 9.17) is 5.73 Å². The molecule has 2 heterocycles. The molecular weight excluding hydrogens is 280 g/mol. The van der Waals surface area contributed by atoms with Gasteiger partial charge < -0.3 is 11.1 Å². The Morgan fingerprint density at radius 1 is 1.37 bits per heavy atom. The van der Waals surface area contributed by atoms with Crippen LogP contribution in [0.25, 0.3) is 0 Å². The van der Waals surface area contributed by atoms with Gasteiger partial charge in [0.2, 0.25) is 5.91 Å². The molecule has 1 aromatic carbocycles. The van der Waals surface area contributed by atoms with E-state index >= 15 is 0 Å². The van der Waals surface area contributed by atoms with Gasteiger partial charge in [0.05, 0.1) is 0 Å². The van der Waals surface area contributed by atoms with E-state index in [-0.39, 0.29) is 5.91 Å². The Morgan fingerprint density at radius 3 is 2.95 bits per heavy atom. The smallest absolute Gasteiger partial charge is 0.224 e. The molecule has 0 atom stereocenters. The lowest BCUT2D eigenvalue weighted by Crippen LogP contribution is -2.19. The van der Waals surface area contributed by atoms with Gasteiger partial charge >= 0.3 is 0 Å². The molecule has 0 saturated carbocycles. The van der Waals surface area contributed by atoms with Gasteiger partial charge in [0.1, 0.15) is 5.01 Å². The quantitative estimate of drug-likeness (QED) is 0.831. The average molecular weight is 292 g/mol. The summed E-state index contributed by atoms with van der Waals surface area (Å²) in [6.07, 6.45) is 1.28. The predicted molar refractivity (Wildman–Crippen MR) is 76.6 cm³/mol. The second kappa shape index (κ2) is 4.82. The van der Waals surface area contributed by atoms with E-state index in [1.54, 1.807) is 11.3 Å². The highest BCUT2D eigenvalue weighted by atomic mass is 32.2. The molecule has 1 amide bonds. The number of nitrogens with two attached hydrogens (primary N) is 1. The van der Waals surface area contributed by atoms with Crippen LogP contribution in [0.4, 0.5) is 11.4 Å². The second-order valence-electron chi connectivity index (χ2n) is 4.28. The first-order valence-electron chi connectivity index (χ1n) is 5.82. The molecule has 3 N–H and O–H groups in total. The van der Waals surface area contributed by atoms with Crippen molar-refractivity contribution in [3.05, 3.63) is 22.7 Å². The zero-order valence-corrected chi connectivity index (χ0v) is 11.9. The van der Waals surface area contributed by atoms with Crippen LogP contribution in [0.2, 0.25) is 0 Å². The van der Waals surface area contributed by atoms with Gasteiger partial charge in [0.15, 0.2) is 4.34 Å². The summed E-state index contributed by atoms with van der Waals surface area (Å²) in [6, 6.07) is 3.86. The Labute approximate surface area is 118 Å². The summed E-state index contributed by atoms with van der Waals surface area (Å²) < 4.78 is 0.879. The lowest BCUT2D eigenvalue weighted by molar-refractivity contribution is -0.116. The molecule has 0 spiro atoms. The third-order valence-corrected chi connectivity index (χ3v) is 4.80. The molecule has 0 aliphatic carbocycles. The third kappa shape index (κ3) is 2.57. The molecule has 5 nitrogen and oxygen atoms in total. The number of hydrogen-bond donors (Lipinski definition) is 2. The standard InChI is InChI=1S/C12H12N4OS2/c1-6-15-16-12(18-6)19-10-4-7-2-3-11(17)14-9(7)5-8(10)13/h4-5H,2-3,13H2,1H3,(H,14,17). The van der Waals surface area contributed by atoms with Crippen LogP contribution in [0, 0.1) is 6.92 Å². The van der Waals surface area contributed by atoms with Crippen LogP contribution in [0.3, 0.4) is 0 Å². The van der Waals surface area contributed by atoms with Crippen LogP contribution >= 0.6 is 23.1 Å². The molecule has 19 heavy (non-hydrogen) atoms. The van der Waals surface area contributed by atoms with Crippen LogP contribution in [-0.4, -0.2) is 16.1 Å². The summed E-state index contributed by atoms with van der Waals surface area (Å²) in [7, 11) is 0. The molecule has 1 aliphatic rings. The average Bonchev–Trinajstić information content (AvgIpc) is 2.76. The molecule has 3 rings (SSSR count). The maximum atomic E-state index is 11.3. The van der Waals surface area contributed by atoms with Crippen molar-refractivity contribution in [1.29, 1.82) is 0 Å². The Bertz CT molecular complexity index is 653. The van der Waals surface area contributed by atoms with Crippen LogP contribution in [0.15, 0.2) is 21.4 Å². The highest BCUT2D eigenvalue weighted by Crippen LogP contribution is 2.37. The summed E-state index contributed by atoms with van der Waals surface area (Å²) in [5.74, 6) is 0.0482. The van der Waals surface area contributed by atoms with Gasteiger partial charge in [0, 0.05) is 22.7 Å². The van der Waals surface area contributed by atoms with E-state index in [9.17, 15) is 4.79 Å². The number of nitrogens with one attached hydrogen (secondary N) is 1. The summed E-state index contributed by atoms with van der Waals surface area (Å²) in [6.45, 7) is 1.92. The number of amides is 1. The number of carbonyl (C=O) groups excluding carboxylic acids is 1. The monoisotopic (exact) mass is 292 g/mol. The number of aromatic nitrogens is 2. The number of fused-ring (bicyclic) bond motifs is 1. The summed E-state index contributed by atoms with van der Waals surface area (Å²) in [5, 5.41) is 11.9. The van der Waals surface area contributed by atoms with E-state index in [1.807, 2.05) is 19.1 Å². The van der Waals surface area contributed by atoms with Crippen molar-refractivity contribution in [1.82, 2.24) is 10.2 Å². The Morgan fingerprint density at radius 2 is 2.21 bits per heavy atom. The summed E-state index contributed by atoms with van der Waals surface area (Å²) >= 11 is 3.06. The Hall–Kier alpha value is -1.60. The molecule has 0 radical (unpaired) electrons. The van der Waals surface area contributed by atoms with Crippen LogP contribution in [0.1, 0.15) is 17.0 Å². The molecule has 2 aromatic rings. The fourth-order valence-electron chi connectivity index (χ4n) is 1.92. The van der Waals surface area contributed by atoms with Gasteiger partial charge in [0.25, 0.3) is 0 Å². The van der Waals surface area contributed by atoms with Crippen molar-refractivity contribution < 1.29 is 4.79 Å². The van der Waals surface area contributed by atoms with Crippen molar-refractivity contribution in [2.24, 2.45) is 0 Å². The first kappa shape index (κ1) is 12.4. The van der Waals surface area contributed by atoms with Crippen molar-refractivity contribution in [3.63, 3.8) is 0 Å². The lowest BCUT2D eigenvalue weighted by Gasteiger charge is -2.18. The fraction of sp³-hybridized carbons (Fsp3) is 0.250. The minimum absolute atomic E-state index is 0.0482. The Balaban J connectivity index is 1.92. The van der Waals surface area contributed by atoms with E-state index in [0.717, 1.165) is 31.9 Å². The molecule has 0 unspecified atom stereocenters. The fourth-order valence-corrected chi connectivity index (χ4v) is 3.79. The molecular formula is C12H12N4OS2. The van der Waals surface area contributed by atoms with E-state index in [1.165, 1.54) is 11.8 Å². The SMILES string of the molecule is Cc1nnc(Sc2cc3c(cc2N)NC(=O)CC3)s1. The number of carbonyl (C=O) groups is 1. The number of hydrogen-bond acceptors (Lipinski definition) is 6. The molecule has 0 saturated heterocycles. The third-order valence-electron chi connectivity index (χ3n) is 2.84. The normalized spacial score (nSPS) is 14.1. The van der Waals surface area contributed by atoms with Gasteiger partial charge in [-0.05, 0) is 31.0 Å². The van der Waals surface area contributed by atoms with Gasteiger partial charge in [-0.25, -0.2) is 0 Å². The van der Waals surface area contributed by atoms with Crippen LogP contribution < -0.4 is 11.1 Å². The van der Waals surface area contributed by atoms with Crippen molar-refractivity contribution >= 4 is 40.4 Å². The topological polar surface area (TPSA) is 80.9 Å². The van der Waals surface area contributed by atoms with Crippen molar-refractivity contribution in [2.75, 3.05) is 11.1 Å². The molecule has 1 aromatic heterocycles. The highest BCUT2D eigenvalue weighted by molar-refractivity contribution is 8.01. The second-order valence-corrected chi connectivity index (χ2v) is 6.76. The van der Waals surface area contributed by atoms with Gasteiger partial charge in [-0.15, -0.1) is 10.2 Å². The number of aryl methyl sites for hydroxylation is 2. The number of nitrogens with zero attached hydrogens (tertiary/aromatic N) is 2. The highest BCUT2D eigenvalue weighted by Gasteiger charge is 2.17. The largest absolute Gasteiger partial charge is 0.398 e. The lowest BCUT2D eigenvalue weighted by atomic mass is 10.0. The number of benzene rings is 1. The predicted octanol–water partition coefficient (Wildman–Crippen LogP) is 2.46. The molecule has 98 valence electrons. The molecule has 1 aliphatic heterocycles. The van der Waals surface area contributed by atoms with Crippen LogP contribution in [-0.2, 0) is 11.2 Å². The first-order chi connectivity index (χ1) is 9.11. The van der Waals surface area contributed by atoms with Gasteiger partial charge in [-0.1, -0.05) is 23.1 Å². The van der Waals surface area contributed by atoms with Gasteiger partial charge in [-0.3, -0.25) is 4.79 Å². The van der Waals surface area contributed by atoms with Gasteiger partial charge in [-0.2, -0.15) is 0 Å².